The molecule has 0 fully saturated rings. The average Bonchev–Trinajstić information content (AvgIpc) is 3.33. The molecule has 2 heterocycles. The first-order valence-electron chi connectivity index (χ1n) is 8.85. The lowest BCUT2D eigenvalue weighted by Crippen LogP contribution is -2.12. The van der Waals surface area contributed by atoms with Crippen LogP contribution in [0.25, 0.3) is 22.5 Å². The standard InChI is InChI=1S/C21H17F2N5O/c1-11-3-4-13(5-12(11)2)17-9-19(27-25-17)21(29)24-20-10-18(26-28-20)14-6-15(22)8-16(23)7-14/h3-10H,1-2H3,(H,25,27)(H2,24,26,28,29). The predicted molar refractivity (Wildman–Crippen MR) is 105 cm³/mol. The minimum Gasteiger partial charge on any atom is -0.304 e. The van der Waals surface area contributed by atoms with Crippen molar-refractivity contribution in [3.8, 4) is 22.5 Å². The normalized spacial score (nSPS) is 10.9. The monoisotopic (exact) mass is 393 g/mol. The summed E-state index contributed by atoms with van der Waals surface area (Å²) in [6.45, 7) is 4.04. The first-order chi connectivity index (χ1) is 13.9. The Morgan fingerprint density at radius 1 is 0.862 bits per heavy atom. The average molecular weight is 393 g/mol. The fourth-order valence-electron chi connectivity index (χ4n) is 2.91. The number of hydrogen-bond acceptors (Lipinski definition) is 3. The molecule has 0 aliphatic heterocycles. The molecule has 8 heteroatoms. The maximum absolute atomic E-state index is 13.4. The Hall–Kier alpha value is -3.81. The van der Waals surface area contributed by atoms with Gasteiger partial charge in [-0.3, -0.25) is 15.0 Å². The number of rotatable bonds is 4. The van der Waals surface area contributed by atoms with E-state index in [-0.39, 0.29) is 17.1 Å². The SMILES string of the molecule is Cc1ccc(-c2cc(C(=O)Nc3cc(-c4cc(F)cc(F)c4)[nH]n3)[nH]n2)cc1C. The summed E-state index contributed by atoms with van der Waals surface area (Å²) < 4.78 is 26.8. The van der Waals surface area contributed by atoms with E-state index in [9.17, 15) is 13.6 Å². The number of aryl methyl sites for hydroxylation is 2. The van der Waals surface area contributed by atoms with Crippen molar-refractivity contribution in [3.05, 3.63) is 77.0 Å². The van der Waals surface area contributed by atoms with Crippen LogP contribution in [0.4, 0.5) is 14.6 Å². The van der Waals surface area contributed by atoms with Crippen LogP contribution in [0.15, 0.2) is 48.5 Å². The molecule has 0 bridgehead atoms. The zero-order valence-corrected chi connectivity index (χ0v) is 15.7. The van der Waals surface area contributed by atoms with Gasteiger partial charge in [0.25, 0.3) is 5.91 Å². The summed E-state index contributed by atoms with van der Waals surface area (Å²) in [4.78, 5) is 12.5. The molecule has 0 aliphatic carbocycles. The number of nitrogens with zero attached hydrogens (tertiary/aromatic N) is 2. The van der Waals surface area contributed by atoms with Crippen molar-refractivity contribution < 1.29 is 13.6 Å². The fraction of sp³-hybridized carbons (Fsp3) is 0.0952. The molecule has 3 N–H and O–H groups in total. The molecule has 29 heavy (non-hydrogen) atoms. The highest BCUT2D eigenvalue weighted by molar-refractivity contribution is 6.03. The maximum atomic E-state index is 13.4. The molecule has 2 aromatic carbocycles. The van der Waals surface area contributed by atoms with E-state index in [0.717, 1.165) is 17.2 Å². The van der Waals surface area contributed by atoms with Crippen LogP contribution in [0, 0.1) is 25.5 Å². The van der Waals surface area contributed by atoms with Gasteiger partial charge in [-0.1, -0.05) is 12.1 Å². The van der Waals surface area contributed by atoms with E-state index < -0.39 is 17.5 Å². The number of aromatic amines is 2. The van der Waals surface area contributed by atoms with Gasteiger partial charge in [0.15, 0.2) is 5.82 Å². The number of carbonyl (C=O) groups excluding carboxylic acids is 1. The third-order valence-corrected chi connectivity index (χ3v) is 4.62. The van der Waals surface area contributed by atoms with Gasteiger partial charge < -0.3 is 5.32 Å². The van der Waals surface area contributed by atoms with E-state index >= 15 is 0 Å². The van der Waals surface area contributed by atoms with Crippen LogP contribution >= 0.6 is 0 Å². The number of anilines is 1. The van der Waals surface area contributed by atoms with E-state index in [2.05, 4.69) is 25.7 Å². The number of hydrogen-bond donors (Lipinski definition) is 3. The van der Waals surface area contributed by atoms with Gasteiger partial charge in [0.05, 0.1) is 11.4 Å². The highest BCUT2D eigenvalue weighted by Crippen LogP contribution is 2.23. The van der Waals surface area contributed by atoms with Gasteiger partial charge >= 0.3 is 0 Å². The van der Waals surface area contributed by atoms with Crippen LogP contribution < -0.4 is 5.32 Å². The quantitative estimate of drug-likeness (QED) is 0.473. The second kappa shape index (κ2) is 7.31. The van der Waals surface area contributed by atoms with Gasteiger partial charge in [0.2, 0.25) is 0 Å². The molecule has 4 rings (SSSR count). The van der Waals surface area contributed by atoms with Crippen molar-refractivity contribution in [2.24, 2.45) is 0 Å². The summed E-state index contributed by atoms with van der Waals surface area (Å²) in [5.74, 6) is -1.61. The highest BCUT2D eigenvalue weighted by atomic mass is 19.1. The van der Waals surface area contributed by atoms with Crippen molar-refractivity contribution in [2.45, 2.75) is 13.8 Å². The molecular weight excluding hydrogens is 376 g/mol. The molecule has 2 aromatic heterocycles. The zero-order valence-electron chi connectivity index (χ0n) is 15.7. The van der Waals surface area contributed by atoms with Gasteiger partial charge in [-0.25, -0.2) is 8.78 Å². The van der Waals surface area contributed by atoms with Gasteiger partial charge in [0.1, 0.15) is 17.3 Å². The second-order valence-electron chi connectivity index (χ2n) is 6.75. The molecule has 0 spiro atoms. The number of nitrogens with one attached hydrogen (secondary N) is 3. The summed E-state index contributed by atoms with van der Waals surface area (Å²) in [5.41, 5.74) is 4.78. The molecule has 0 atom stereocenters. The van der Waals surface area contributed by atoms with Crippen LogP contribution in [-0.4, -0.2) is 26.3 Å². The van der Waals surface area contributed by atoms with Gasteiger partial charge in [-0.15, -0.1) is 0 Å². The third-order valence-electron chi connectivity index (χ3n) is 4.62. The molecule has 4 aromatic rings. The minimum absolute atomic E-state index is 0.219. The predicted octanol–water partition coefficient (Wildman–Crippen LogP) is 4.61. The number of aromatic nitrogens is 4. The van der Waals surface area contributed by atoms with Crippen LogP contribution in [0.2, 0.25) is 0 Å². The Labute approximate surface area is 165 Å². The minimum atomic E-state index is -0.698. The summed E-state index contributed by atoms with van der Waals surface area (Å²) in [7, 11) is 0. The Morgan fingerprint density at radius 3 is 2.34 bits per heavy atom. The van der Waals surface area contributed by atoms with E-state index in [0.29, 0.717) is 11.4 Å². The molecule has 0 unspecified atom stereocenters. The molecule has 0 saturated carbocycles. The molecule has 0 aliphatic rings. The molecular formula is C21H17F2N5O. The summed E-state index contributed by atoms with van der Waals surface area (Å²) in [6.07, 6.45) is 0. The van der Waals surface area contributed by atoms with Crippen molar-refractivity contribution >= 4 is 11.7 Å². The Balaban J connectivity index is 1.51. The molecule has 146 valence electrons. The zero-order chi connectivity index (χ0) is 20.5. The van der Waals surface area contributed by atoms with Crippen molar-refractivity contribution in [2.75, 3.05) is 5.32 Å². The summed E-state index contributed by atoms with van der Waals surface area (Å²) in [6, 6.07) is 12.2. The van der Waals surface area contributed by atoms with Crippen LogP contribution in [-0.2, 0) is 0 Å². The Kier molecular flexibility index (Phi) is 4.67. The van der Waals surface area contributed by atoms with Crippen LogP contribution in [0.3, 0.4) is 0 Å². The highest BCUT2D eigenvalue weighted by Gasteiger charge is 2.14. The van der Waals surface area contributed by atoms with Gasteiger partial charge in [-0.2, -0.15) is 10.2 Å². The number of amides is 1. The van der Waals surface area contributed by atoms with Crippen LogP contribution in [0.1, 0.15) is 21.6 Å². The van der Waals surface area contributed by atoms with E-state index in [1.54, 1.807) is 6.07 Å². The number of carbonyl (C=O) groups is 1. The molecule has 6 nitrogen and oxygen atoms in total. The smallest absolute Gasteiger partial charge is 0.274 e. The topological polar surface area (TPSA) is 86.5 Å². The second-order valence-corrected chi connectivity index (χ2v) is 6.75. The molecule has 0 saturated heterocycles. The maximum Gasteiger partial charge on any atom is 0.274 e. The first kappa shape index (κ1) is 18.5. The summed E-state index contributed by atoms with van der Waals surface area (Å²) in [5, 5.41) is 16.1. The lowest BCUT2D eigenvalue weighted by atomic mass is 10.0. The number of halogens is 2. The molecule has 0 radical (unpaired) electrons. The first-order valence-corrected chi connectivity index (χ1v) is 8.85. The van der Waals surface area contributed by atoms with E-state index in [4.69, 9.17) is 0 Å². The Bertz CT molecular complexity index is 1190. The van der Waals surface area contributed by atoms with Crippen molar-refractivity contribution in [1.29, 1.82) is 0 Å². The van der Waals surface area contributed by atoms with E-state index in [1.807, 2.05) is 32.0 Å². The Morgan fingerprint density at radius 2 is 1.62 bits per heavy atom. The summed E-state index contributed by atoms with van der Waals surface area (Å²) >= 11 is 0. The fourth-order valence-corrected chi connectivity index (χ4v) is 2.91. The number of H-pyrrole nitrogens is 2. The lowest BCUT2D eigenvalue weighted by Gasteiger charge is -2.01. The largest absolute Gasteiger partial charge is 0.304 e. The lowest BCUT2D eigenvalue weighted by molar-refractivity contribution is 0.102. The van der Waals surface area contributed by atoms with Gasteiger partial charge in [0, 0.05) is 23.3 Å². The van der Waals surface area contributed by atoms with Crippen molar-refractivity contribution in [1.82, 2.24) is 20.4 Å². The van der Waals surface area contributed by atoms with E-state index in [1.165, 1.54) is 23.8 Å². The third kappa shape index (κ3) is 3.91. The van der Waals surface area contributed by atoms with Gasteiger partial charge in [-0.05, 0) is 49.2 Å². The number of benzene rings is 2. The molecule has 1 amide bonds. The van der Waals surface area contributed by atoms with Crippen LogP contribution in [0.5, 0.6) is 0 Å². The van der Waals surface area contributed by atoms with Crippen molar-refractivity contribution in [3.63, 3.8) is 0 Å².